The van der Waals surface area contributed by atoms with E-state index in [1.165, 1.54) is 6.07 Å². The Balaban J connectivity index is 2.56. The van der Waals surface area contributed by atoms with Gasteiger partial charge in [0, 0.05) is 18.1 Å². The molecule has 0 radical (unpaired) electrons. The van der Waals surface area contributed by atoms with Gasteiger partial charge in [-0.1, -0.05) is 13.8 Å². The summed E-state index contributed by atoms with van der Waals surface area (Å²) >= 11 is 0. The number of carboxylic acids is 1. The average molecular weight is 231 g/mol. The number of hydrogen-bond acceptors (Lipinski definition) is 3. The molecule has 0 aromatic carbocycles. The van der Waals surface area contributed by atoms with E-state index in [1.54, 1.807) is 29.2 Å². The lowest BCUT2D eigenvalue weighted by Gasteiger charge is -2.09. The molecule has 5 heteroatoms. The smallest absolute Gasteiger partial charge is 0.335 e. The van der Waals surface area contributed by atoms with Crippen LogP contribution in [0.15, 0.2) is 30.6 Å². The lowest BCUT2D eigenvalue weighted by atomic mass is 10.1. The quantitative estimate of drug-likeness (QED) is 0.878. The van der Waals surface area contributed by atoms with Crippen molar-refractivity contribution in [1.29, 1.82) is 0 Å². The molecule has 5 nitrogen and oxygen atoms in total. The normalized spacial score (nSPS) is 10.8. The third-order valence-corrected chi connectivity index (χ3v) is 2.41. The second-order valence-corrected chi connectivity index (χ2v) is 4.05. The number of hydrogen-bond donors (Lipinski definition) is 1. The van der Waals surface area contributed by atoms with E-state index in [4.69, 9.17) is 5.11 Å². The zero-order valence-electron chi connectivity index (χ0n) is 9.66. The van der Waals surface area contributed by atoms with E-state index in [9.17, 15) is 4.79 Å². The monoisotopic (exact) mass is 231 g/mol. The number of rotatable bonds is 3. The molecule has 1 N–H and O–H groups in total. The minimum atomic E-state index is -0.956. The first-order valence-electron chi connectivity index (χ1n) is 5.33. The highest BCUT2D eigenvalue weighted by Gasteiger charge is 2.11. The van der Waals surface area contributed by atoms with Gasteiger partial charge in [-0.25, -0.2) is 14.5 Å². The Morgan fingerprint density at radius 2 is 2.18 bits per heavy atom. The van der Waals surface area contributed by atoms with Gasteiger partial charge in [0.05, 0.1) is 5.56 Å². The number of aromatic nitrogens is 3. The van der Waals surface area contributed by atoms with Gasteiger partial charge in [0.25, 0.3) is 0 Å². The van der Waals surface area contributed by atoms with Crippen LogP contribution in [-0.4, -0.2) is 25.8 Å². The van der Waals surface area contributed by atoms with Gasteiger partial charge >= 0.3 is 5.97 Å². The van der Waals surface area contributed by atoms with Gasteiger partial charge in [0.1, 0.15) is 0 Å². The Labute approximate surface area is 98.7 Å². The first-order chi connectivity index (χ1) is 8.08. The average Bonchev–Trinajstić information content (AvgIpc) is 2.81. The van der Waals surface area contributed by atoms with Crippen LogP contribution in [0.1, 0.15) is 35.8 Å². The molecule has 2 rings (SSSR count). The highest BCUT2D eigenvalue weighted by molar-refractivity contribution is 5.88. The Hall–Kier alpha value is -2.17. The molecule has 2 heterocycles. The van der Waals surface area contributed by atoms with Crippen LogP contribution in [0, 0.1) is 0 Å². The summed E-state index contributed by atoms with van der Waals surface area (Å²) in [4.78, 5) is 15.4. The minimum Gasteiger partial charge on any atom is -0.478 e. The maximum absolute atomic E-state index is 11.0. The molecule has 0 aliphatic carbocycles. The van der Waals surface area contributed by atoms with E-state index in [2.05, 4.69) is 10.1 Å². The van der Waals surface area contributed by atoms with Crippen molar-refractivity contribution in [1.82, 2.24) is 14.8 Å². The van der Waals surface area contributed by atoms with Gasteiger partial charge in [-0.3, -0.25) is 0 Å². The van der Waals surface area contributed by atoms with Crippen LogP contribution < -0.4 is 0 Å². The molecular formula is C12H13N3O2. The second-order valence-electron chi connectivity index (χ2n) is 4.05. The van der Waals surface area contributed by atoms with Gasteiger partial charge in [-0.15, -0.1) is 0 Å². The standard InChI is InChI=1S/C12H13N3O2/c1-8(2)10-6-9(12(16)17)7-11(14-10)15-5-3-4-13-15/h3-8H,1-2H3,(H,16,17). The number of carboxylic acid groups (broad SMARTS) is 1. The lowest BCUT2D eigenvalue weighted by Crippen LogP contribution is -2.07. The molecular weight excluding hydrogens is 218 g/mol. The molecule has 88 valence electrons. The molecule has 2 aromatic rings. The van der Waals surface area contributed by atoms with Crippen LogP contribution in [0.5, 0.6) is 0 Å². The second kappa shape index (κ2) is 4.37. The van der Waals surface area contributed by atoms with E-state index in [0.717, 1.165) is 5.69 Å². The van der Waals surface area contributed by atoms with E-state index >= 15 is 0 Å². The fourth-order valence-corrected chi connectivity index (χ4v) is 1.48. The maximum Gasteiger partial charge on any atom is 0.335 e. The molecule has 0 amide bonds. The first-order valence-corrected chi connectivity index (χ1v) is 5.33. The van der Waals surface area contributed by atoms with E-state index in [0.29, 0.717) is 5.82 Å². The van der Waals surface area contributed by atoms with Crippen LogP contribution >= 0.6 is 0 Å². The summed E-state index contributed by atoms with van der Waals surface area (Å²) in [6, 6.07) is 4.88. The third-order valence-electron chi connectivity index (χ3n) is 2.41. The Morgan fingerprint density at radius 3 is 2.71 bits per heavy atom. The lowest BCUT2D eigenvalue weighted by molar-refractivity contribution is 0.0696. The molecule has 0 spiro atoms. The molecule has 0 saturated heterocycles. The van der Waals surface area contributed by atoms with Crippen LogP contribution in [-0.2, 0) is 0 Å². The highest BCUT2D eigenvalue weighted by atomic mass is 16.4. The summed E-state index contributed by atoms with van der Waals surface area (Å²) in [5, 5.41) is 13.1. The molecule has 0 atom stereocenters. The Bertz CT molecular complexity index is 533. The van der Waals surface area contributed by atoms with Gasteiger partial charge in [0.2, 0.25) is 0 Å². The zero-order valence-corrected chi connectivity index (χ0v) is 9.66. The van der Waals surface area contributed by atoms with Crippen LogP contribution in [0.3, 0.4) is 0 Å². The number of pyridine rings is 1. The fraction of sp³-hybridized carbons (Fsp3) is 0.250. The predicted molar refractivity (Wildman–Crippen MR) is 62.4 cm³/mol. The number of aromatic carboxylic acids is 1. The summed E-state index contributed by atoms with van der Waals surface area (Å²) < 4.78 is 1.55. The van der Waals surface area contributed by atoms with Crippen LogP contribution in [0.25, 0.3) is 5.82 Å². The van der Waals surface area contributed by atoms with Crippen molar-refractivity contribution >= 4 is 5.97 Å². The van der Waals surface area contributed by atoms with Crippen molar-refractivity contribution in [2.24, 2.45) is 0 Å². The van der Waals surface area contributed by atoms with E-state index in [1.807, 2.05) is 13.8 Å². The molecule has 0 aliphatic rings. The molecule has 0 aliphatic heterocycles. The summed E-state index contributed by atoms with van der Waals surface area (Å²) in [6.45, 7) is 3.95. The minimum absolute atomic E-state index is 0.170. The van der Waals surface area contributed by atoms with Crippen molar-refractivity contribution in [3.05, 3.63) is 41.9 Å². The highest BCUT2D eigenvalue weighted by Crippen LogP contribution is 2.16. The summed E-state index contributed by atoms with van der Waals surface area (Å²) in [6.07, 6.45) is 3.36. The SMILES string of the molecule is CC(C)c1cc(C(=O)O)cc(-n2cccn2)n1. The molecule has 17 heavy (non-hydrogen) atoms. The number of carbonyl (C=O) groups is 1. The Kier molecular flexibility index (Phi) is 2.91. The van der Waals surface area contributed by atoms with Crippen molar-refractivity contribution in [3.63, 3.8) is 0 Å². The molecule has 0 bridgehead atoms. The maximum atomic E-state index is 11.0. The van der Waals surface area contributed by atoms with Crippen molar-refractivity contribution in [2.45, 2.75) is 19.8 Å². The molecule has 2 aromatic heterocycles. The molecule has 0 fully saturated rings. The fourth-order valence-electron chi connectivity index (χ4n) is 1.48. The summed E-state index contributed by atoms with van der Waals surface area (Å²) in [5.41, 5.74) is 0.976. The van der Waals surface area contributed by atoms with Gasteiger partial charge in [-0.05, 0) is 24.1 Å². The predicted octanol–water partition coefficient (Wildman–Crippen LogP) is 2.09. The van der Waals surface area contributed by atoms with Crippen LogP contribution in [0.2, 0.25) is 0 Å². The zero-order chi connectivity index (χ0) is 12.4. The number of nitrogens with zero attached hydrogens (tertiary/aromatic N) is 3. The molecule has 0 saturated carbocycles. The van der Waals surface area contributed by atoms with Gasteiger partial charge in [-0.2, -0.15) is 5.10 Å². The largest absolute Gasteiger partial charge is 0.478 e. The van der Waals surface area contributed by atoms with Crippen molar-refractivity contribution in [2.75, 3.05) is 0 Å². The summed E-state index contributed by atoms with van der Waals surface area (Å²) in [7, 11) is 0. The molecule has 0 unspecified atom stereocenters. The topological polar surface area (TPSA) is 68.0 Å². The van der Waals surface area contributed by atoms with Gasteiger partial charge in [0.15, 0.2) is 5.82 Å². The van der Waals surface area contributed by atoms with E-state index in [-0.39, 0.29) is 11.5 Å². The first kappa shape index (κ1) is 11.3. The Morgan fingerprint density at radius 1 is 1.41 bits per heavy atom. The summed E-state index contributed by atoms with van der Waals surface area (Å²) in [5.74, 6) is -0.259. The van der Waals surface area contributed by atoms with E-state index < -0.39 is 5.97 Å². The van der Waals surface area contributed by atoms with Crippen molar-refractivity contribution in [3.8, 4) is 5.82 Å². The third kappa shape index (κ3) is 2.33. The van der Waals surface area contributed by atoms with Crippen molar-refractivity contribution < 1.29 is 9.90 Å². The van der Waals surface area contributed by atoms with Crippen LogP contribution in [0.4, 0.5) is 0 Å². The van der Waals surface area contributed by atoms with Gasteiger partial charge < -0.3 is 5.11 Å².